The first-order valence-corrected chi connectivity index (χ1v) is 10.3. The number of aryl methyl sites for hydroxylation is 1. The third kappa shape index (κ3) is 3.59. The Morgan fingerprint density at radius 1 is 1.04 bits per heavy atom. The maximum atomic E-state index is 5.44. The van der Waals surface area contributed by atoms with Crippen LogP contribution >= 0.6 is 23.1 Å². The van der Waals surface area contributed by atoms with Crippen LogP contribution in [0.1, 0.15) is 11.4 Å². The van der Waals surface area contributed by atoms with Crippen molar-refractivity contribution in [2.24, 2.45) is 0 Å². The fourth-order valence-electron chi connectivity index (χ4n) is 2.68. The number of benzene rings is 2. The monoisotopic (exact) mass is 382 g/mol. The molecule has 0 amide bonds. The number of thioether (sulfide) groups is 1. The molecule has 0 aliphatic carbocycles. The number of hydrogen-bond donors (Lipinski definition) is 0. The van der Waals surface area contributed by atoms with Gasteiger partial charge in [0.25, 0.3) is 0 Å². The molecule has 0 spiro atoms. The predicted molar refractivity (Wildman–Crippen MR) is 107 cm³/mol. The quantitative estimate of drug-likeness (QED) is 0.445. The van der Waals surface area contributed by atoms with Crippen molar-refractivity contribution in [3.63, 3.8) is 0 Å². The van der Waals surface area contributed by atoms with Crippen LogP contribution in [0.15, 0.2) is 54.6 Å². The Morgan fingerprint density at radius 3 is 2.69 bits per heavy atom. The van der Waals surface area contributed by atoms with Crippen molar-refractivity contribution in [2.75, 3.05) is 12.9 Å². The van der Waals surface area contributed by atoms with Gasteiger partial charge in [0, 0.05) is 0 Å². The summed E-state index contributed by atoms with van der Waals surface area (Å²) in [7, 11) is 1.67. The van der Waals surface area contributed by atoms with Crippen LogP contribution in [-0.4, -0.2) is 32.7 Å². The highest BCUT2D eigenvalue weighted by atomic mass is 32.2. The number of nitrogens with zero attached hydrogens (tertiary/aromatic N) is 4. The second kappa shape index (κ2) is 7.88. The summed E-state index contributed by atoms with van der Waals surface area (Å²) >= 11 is 3.38. The van der Waals surface area contributed by atoms with Gasteiger partial charge in [-0.25, -0.2) is 0 Å². The number of ether oxygens (including phenoxy) is 1. The summed E-state index contributed by atoms with van der Waals surface area (Å²) in [6.07, 6.45) is 1.05. The topological polar surface area (TPSA) is 52.3 Å². The first kappa shape index (κ1) is 17.1. The molecule has 132 valence electrons. The third-order valence-corrected chi connectivity index (χ3v) is 5.89. The molecule has 0 radical (unpaired) electrons. The molecule has 26 heavy (non-hydrogen) atoms. The molecule has 0 N–H and O–H groups in total. The van der Waals surface area contributed by atoms with Crippen LogP contribution in [0.25, 0.3) is 15.5 Å². The lowest BCUT2D eigenvalue weighted by Crippen LogP contribution is -1.96. The fourth-order valence-corrected chi connectivity index (χ4v) is 4.45. The Bertz CT molecular complexity index is 997. The standard InChI is InChI=1S/C19H18N4OS2/c1-24-16-10-6-5-9-15(16)18-22-23-17(20-21-19(23)26-18)13-25-12-11-14-7-3-2-4-8-14/h2-10H,11-13H2,1H3. The summed E-state index contributed by atoms with van der Waals surface area (Å²) in [6, 6.07) is 18.4. The molecule has 2 aromatic heterocycles. The van der Waals surface area contributed by atoms with Gasteiger partial charge in [0.1, 0.15) is 5.75 Å². The summed E-state index contributed by atoms with van der Waals surface area (Å²) in [4.78, 5) is 0.810. The van der Waals surface area contributed by atoms with E-state index in [2.05, 4.69) is 34.5 Å². The van der Waals surface area contributed by atoms with Gasteiger partial charge in [0.05, 0.1) is 18.4 Å². The second-order valence-electron chi connectivity index (χ2n) is 5.71. The van der Waals surface area contributed by atoms with Crippen molar-refractivity contribution in [2.45, 2.75) is 12.2 Å². The Hall–Kier alpha value is -2.38. The highest BCUT2D eigenvalue weighted by Crippen LogP contribution is 2.32. The molecule has 0 unspecified atom stereocenters. The largest absolute Gasteiger partial charge is 0.496 e. The number of methoxy groups -OCH3 is 1. The Morgan fingerprint density at radius 2 is 1.85 bits per heavy atom. The van der Waals surface area contributed by atoms with Gasteiger partial charge in [-0.15, -0.1) is 10.2 Å². The molecular weight excluding hydrogens is 364 g/mol. The van der Waals surface area contributed by atoms with Gasteiger partial charge in [0.2, 0.25) is 4.96 Å². The predicted octanol–water partition coefficient (Wildman–Crippen LogP) is 4.34. The van der Waals surface area contributed by atoms with Crippen LogP contribution in [0.4, 0.5) is 0 Å². The van der Waals surface area contributed by atoms with Crippen LogP contribution in [-0.2, 0) is 12.2 Å². The van der Waals surface area contributed by atoms with Gasteiger partial charge < -0.3 is 4.74 Å². The van der Waals surface area contributed by atoms with Crippen LogP contribution in [0, 0.1) is 0 Å². The van der Waals surface area contributed by atoms with Gasteiger partial charge in [-0.3, -0.25) is 0 Å². The Labute approximate surface area is 160 Å². The van der Waals surface area contributed by atoms with Gasteiger partial charge >= 0.3 is 0 Å². The van der Waals surface area contributed by atoms with Crippen LogP contribution in [0.2, 0.25) is 0 Å². The van der Waals surface area contributed by atoms with Gasteiger partial charge in [-0.05, 0) is 29.9 Å². The van der Waals surface area contributed by atoms with Gasteiger partial charge in [0.15, 0.2) is 10.8 Å². The normalized spacial score (nSPS) is 11.1. The molecule has 0 fully saturated rings. The average Bonchev–Trinajstić information content (AvgIpc) is 3.27. The fraction of sp³-hybridized carbons (Fsp3) is 0.211. The van der Waals surface area contributed by atoms with E-state index in [1.165, 1.54) is 16.9 Å². The average molecular weight is 383 g/mol. The molecular formula is C19H18N4OS2. The van der Waals surface area contributed by atoms with Crippen LogP contribution < -0.4 is 4.74 Å². The third-order valence-electron chi connectivity index (χ3n) is 4.00. The molecule has 0 saturated carbocycles. The van der Waals surface area contributed by atoms with Gasteiger partial charge in [-0.2, -0.15) is 21.4 Å². The van der Waals surface area contributed by atoms with Crippen molar-refractivity contribution in [3.8, 4) is 16.3 Å². The molecule has 0 aliphatic heterocycles. The minimum atomic E-state index is 0.795. The maximum Gasteiger partial charge on any atom is 0.235 e. The maximum absolute atomic E-state index is 5.44. The lowest BCUT2D eigenvalue weighted by atomic mass is 10.2. The van der Waals surface area contributed by atoms with E-state index in [1.807, 2.05) is 46.6 Å². The van der Waals surface area contributed by atoms with E-state index in [1.54, 1.807) is 7.11 Å². The highest BCUT2D eigenvalue weighted by molar-refractivity contribution is 7.98. The molecule has 2 aromatic carbocycles. The van der Waals surface area contributed by atoms with E-state index in [0.29, 0.717) is 0 Å². The molecule has 4 aromatic rings. The molecule has 7 heteroatoms. The number of rotatable bonds is 7. The molecule has 0 bridgehead atoms. The van der Waals surface area contributed by atoms with Crippen molar-refractivity contribution in [1.82, 2.24) is 19.8 Å². The number of fused-ring (bicyclic) bond motifs is 1. The van der Waals surface area contributed by atoms with Crippen molar-refractivity contribution in [3.05, 3.63) is 66.0 Å². The summed E-state index contributed by atoms with van der Waals surface area (Å²) in [5.74, 6) is 3.54. The molecule has 2 heterocycles. The lowest BCUT2D eigenvalue weighted by Gasteiger charge is -2.04. The Kier molecular flexibility index (Phi) is 5.17. The minimum absolute atomic E-state index is 0.795. The molecule has 5 nitrogen and oxygen atoms in total. The first-order chi connectivity index (χ1) is 12.8. The smallest absolute Gasteiger partial charge is 0.235 e. The van der Waals surface area contributed by atoms with Crippen molar-refractivity contribution in [1.29, 1.82) is 0 Å². The number of para-hydroxylation sites is 1. The number of hydrogen-bond acceptors (Lipinski definition) is 6. The zero-order valence-electron chi connectivity index (χ0n) is 14.3. The number of aromatic nitrogens is 4. The van der Waals surface area contributed by atoms with E-state index in [0.717, 1.165) is 45.0 Å². The van der Waals surface area contributed by atoms with E-state index in [4.69, 9.17) is 9.84 Å². The van der Waals surface area contributed by atoms with E-state index in [-0.39, 0.29) is 0 Å². The molecule has 0 saturated heterocycles. The molecule has 4 rings (SSSR count). The first-order valence-electron chi connectivity index (χ1n) is 8.31. The van der Waals surface area contributed by atoms with Gasteiger partial charge in [-0.1, -0.05) is 53.8 Å². The molecule has 0 aliphatic rings. The summed E-state index contributed by atoms with van der Waals surface area (Å²) in [5.41, 5.74) is 2.34. The highest BCUT2D eigenvalue weighted by Gasteiger charge is 2.15. The second-order valence-corrected chi connectivity index (χ2v) is 7.77. The summed E-state index contributed by atoms with van der Waals surface area (Å²) in [5, 5.41) is 14.2. The van der Waals surface area contributed by atoms with E-state index >= 15 is 0 Å². The summed E-state index contributed by atoms with van der Waals surface area (Å²) in [6.45, 7) is 0. The van der Waals surface area contributed by atoms with E-state index in [9.17, 15) is 0 Å². The zero-order valence-corrected chi connectivity index (χ0v) is 16.0. The SMILES string of the molecule is COc1ccccc1-c1nn2c(CSCCc3ccccc3)nnc2s1. The van der Waals surface area contributed by atoms with E-state index < -0.39 is 0 Å². The van der Waals surface area contributed by atoms with Crippen molar-refractivity contribution < 1.29 is 4.74 Å². The van der Waals surface area contributed by atoms with Crippen LogP contribution in [0.3, 0.4) is 0 Å². The summed E-state index contributed by atoms with van der Waals surface area (Å²) < 4.78 is 7.29. The van der Waals surface area contributed by atoms with Crippen molar-refractivity contribution >= 4 is 28.1 Å². The minimum Gasteiger partial charge on any atom is -0.496 e. The zero-order chi connectivity index (χ0) is 17.8. The van der Waals surface area contributed by atoms with Crippen LogP contribution in [0.5, 0.6) is 5.75 Å². The molecule has 0 atom stereocenters. The Balaban J connectivity index is 1.46. The lowest BCUT2D eigenvalue weighted by molar-refractivity contribution is 0.416.